The highest BCUT2D eigenvalue weighted by Gasteiger charge is 2.39. The smallest absolute Gasteiger partial charge is 0.245 e. The van der Waals surface area contributed by atoms with Gasteiger partial charge in [0.15, 0.2) is 0 Å². The molecular weight excluding hydrogens is 564 g/mol. The molecule has 0 amide bonds. The molecule has 1 nitrogen and oxygen atoms in total. The van der Waals surface area contributed by atoms with Gasteiger partial charge < -0.3 is 4.74 Å². The van der Waals surface area contributed by atoms with Crippen LogP contribution in [0, 0.1) is 0 Å². The van der Waals surface area contributed by atoms with Crippen LogP contribution in [0.15, 0.2) is 30.3 Å². The second kappa shape index (κ2) is 8.17. The van der Waals surface area contributed by atoms with E-state index in [-0.39, 0.29) is 7.68 Å². The van der Waals surface area contributed by atoms with Crippen LogP contribution in [0.2, 0.25) is 0 Å². The van der Waals surface area contributed by atoms with E-state index in [1.54, 1.807) is 0 Å². The first-order valence-electron chi connectivity index (χ1n) is 4.76. The third-order valence-corrected chi connectivity index (χ3v) is 19.1. The van der Waals surface area contributed by atoms with Crippen molar-refractivity contribution in [3.8, 4) is 0 Å². The van der Waals surface area contributed by atoms with E-state index in [1.807, 2.05) is 18.2 Å². The molecule has 1 aromatic rings. The van der Waals surface area contributed by atoms with Gasteiger partial charge in [-0.15, -0.1) is 30.6 Å². The van der Waals surface area contributed by atoms with Crippen molar-refractivity contribution in [3.05, 3.63) is 35.9 Å². The van der Waals surface area contributed by atoms with Crippen LogP contribution in [0.4, 0.5) is 0 Å². The summed E-state index contributed by atoms with van der Waals surface area (Å²) in [4.78, 5) is 0.173. The van der Waals surface area contributed by atoms with Gasteiger partial charge >= 0.3 is 0 Å². The van der Waals surface area contributed by atoms with Crippen molar-refractivity contribution in [2.24, 2.45) is 0 Å². The van der Waals surface area contributed by atoms with Crippen molar-refractivity contribution in [2.45, 2.75) is 14.3 Å². The number of halogens is 5. The maximum Gasteiger partial charge on any atom is 0.245 e. The van der Waals surface area contributed by atoms with E-state index in [9.17, 15) is 0 Å². The Hall–Kier alpha value is 1.80. The zero-order valence-electron chi connectivity index (χ0n) is 8.68. The summed E-state index contributed by atoms with van der Waals surface area (Å²) in [6.07, 6.45) is 0. The molecule has 0 aliphatic heterocycles. The van der Waals surface area contributed by atoms with Gasteiger partial charge in [-0.1, -0.05) is 78.1 Å². The SMILES string of the molecule is BrC(COCc1ccccc1)C(Br)(Br)[Si](Br)Br. The summed E-state index contributed by atoms with van der Waals surface area (Å²) >= 11 is 18.0. The van der Waals surface area contributed by atoms with Crippen LogP contribution in [-0.2, 0) is 11.3 Å². The molecule has 7 heteroatoms. The molecule has 0 spiro atoms. The molecule has 17 heavy (non-hydrogen) atoms. The third kappa shape index (κ3) is 5.75. The van der Waals surface area contributed by atoms with E-state index < -0.39 is 6.04 Å². The molecule has 0 fully saturated rings. The predicted octanol–water partition coefficient (Wildman–Crippen LogP) is 5.27. The maximum atomic E-state index is 5.69. The van der Waals surface area contributed by atoms with Crippen molar-refractivity contribution in [2.75, 3.05) is 6.61 Å². The van der Waals surface area contributed by atoms with Crippen LogP contribution >= 0.6 is 78.4 Å². The molecule has 0 N–H and O–H groups in total. The van der Waals surface area contributed by atoms with Gasteiger partial charge in [-0.2, -0.15) is 0 Å². The Balaban J connectivity index is 2.37. The number of hydrogen-bond acceptors (Lipinski definition) is 1. The summed E-state index contributed by atoms with van der Waals surface area (Å²) in [7, 11) is 0. The van der Waals surface area contributed by atoms with Gasteiger partial charge in [0.1, 0.15) is 2.86 Å². The Labute approximate surface area is 144 Å². The highest BCUT2D eigenvalue weighted by Crippen LogP contribution is 2.41. The summed E-state index contributed by atoms with van der Waals surface area (Å²) < 4.78 is 5.49. The summed E-state index contributed by atoms with van der Waals surface area (Å²) in [6.45, 7) is 1.25. The molecule has 1 unspecified atom stereocenters. The van der Waals surface area contributed by atoms with Crippen molar-refractivity contribution < 1.29 is 4.74 Å². The van der Waals surface area contributed by atoms with E-state index in [0.717, 1.165) is 0 Å². The summed E-state index contributed by atoms with van der Waals surface area (Å²) in [6, 6.07) is 9.28. The average Bonchev–Trinajstić information content (AvgIpc) is 2.30. The van der Waals surface area contributed by atoms with Crippen LogP contribution in [0.3, 0.4) is 0 Å². The maximum absolute atomic E-state index is 5.69. The summed E-state index contributed by atoms with van der Waals surface area (Å²) in [5, 5.41) is 0. The molecule has 1 rings (SSSR count). The third-order valence-electron chi connectivity index (χ3n) is 2.02. The Morgan fingerprint density at radius 1 is 1.18 bits per heavy atom. The fourth-order valence-corrected chi connectivity index (χ4v) is 6.04. The largest absolute Gasteiger partial charge is 0.376 e. The molecule has 0 bridgehead atoms. The molecule has 0 saturated heterocycles. The Kier molecular flexibility index (Phi) is 8.09. The molecule has 0 saturated carbocycles. The zero-order valence-corrected chi connectivity index (χ0v) is 17.6. The van der Waals surface area contributed by atoms with Gasteiger partial charge in [0.25, 0.3) is 0 Å². The fraction of sp³-hybridized carbons (Fsp3) is 0.400. The molecule has 0 aliphatic carbocycles. The van der Waals surface area contributed by atoms with Crippen LogP contribution in [0.1, 0.15) is 5.56 Å². The number of benzene rings is 1. The highest BCUT2D eigenvalue weighted by molar-refractivity contribution is 9.51. The molecule has 0 aliphatic rings. The van der Waals surface area contributed by atoms with Crippen molar-refractivity contribution >= 4 is 84.4 Å². The minimum Gasteiger partial charge on any atom is -0.376 e. The summed E-state index contributed by atoms with van der Waals surface area (Å²) in [5.74, 6) is 0. The first-order valence-corrected chi connectivity index (χ1v) is 13.3. The second-order valence-corrected chi connectivity index (χ2v) is 18.7. The number of hydrogen-bond donors (Lipinski definition) is 0. The van der Waals surface area contributed by atoms with Crippen molar-refractivity contribution in [3.63, 3.8) is 0 Å². The van der Waals surface area contributed by atoms with Crippen LogP contribution in [-0.4, -0.2) is 20.3 Å². The fourth-order valence-electron chi connectivity index (χ4n) is 1.08. The standard InChI is InChI=1S/C10H10Br5OSi/c11-9(10(12,13)17(14)15)7-16-6-8-4-2-1-3-5-8/h1-5,9H,6-7H2. The van der Waals surface area contributed by atoms with Gasteiger partial charge in [-0.3, -0.25) is 0 Å². The first kappa shape index (κ1) is 16.9. The van der Waals surface area contributed by atoms with Crippen LogP contribution in [0.25, 0.3) is 0 Å². The number of ether oxygens (including phenoxy) is 1. The second-order valence-electron chi connectivity index (χ2n) is 3.35. The Morgan fingerprint density at radius 3 is 2.29 bits per heavy atom. The van der Waals surface area contributed by atoms with E-state index >= 15 is 0 Å². The molecule has 0 heterocycles. The molecular formula is C10H10Br5OSi. The van der Waals surface area contributed by atoms with Gasteiger partial charge in [-0.05, 0) is 5.56 Å². The minimum atomic E-state index is -0.872. The quantitative estimate of drug-likeness (QED) is 0.256. The van der Waals surface area contributed by atoms with Crippen molar-refractivity contribution in [1.29, 1.82) is 0 Å². The first-order chi connectivity index (χ1) is 7.94. The Bertz CT molecular complexity index is 333. The number of alkyl halides is 3. The lowest BCUT2D eigenvalue weighted by atomic mass is 10.2. The van der Waals surface area contributed by atoms with Crippen LogP contribution < -0.4 is 0 Å². The molecule has 0 aromatic heterocycles. The van der Waals surface area contributed by atoms with Crippen molar-refractivity contribution in [1.82, 2.24) is 0 Å². The minimum absolute atomic E-state index is 0.173. The Morgan fingerprint density at radius 2 is 1.76 bits per heavy atom. The van der Waals surface area contributed by atoms with Crippen LogP contribution in [0.5, 0.6) is 0 Å². The highest BCUT2D eigenvalue weighted by atomic mass is 79.9. The lowest BCUT2D eigenvalue weighted by Crippen LogP contribution is -2.37. The van der Waals surface area contributed by atoms with Gasteiger partial charge in [0, 0.05) is 0 Å². The number of rotatable bonds is 6. The van der Waals surface area contributed by atoms with Gasteiger partial charge in [0.05, 0.1) is 18.0 Å². The van der Waals surface area contributed by atoms with E-state index in [1.165, 1.54) is 5.56 Å². The van der Waals surface area contributed by atoms with E-state index in [4.69, 9.17) is 4.74 Å². The lowest BCUT2D eigenvalue weighted by molar-refractivity contribution is 0.124. The summed E-state index contributed by atoms with van der Waals surface area (Å²) in [5.41, 5.74) is 1.19. The molecule has 95 valence electrons. The average molecular weight is 574 g/mol. The lowest BCUT2D eigenvalue weighted by Gasteiger charge is -2.26. The van der Waals surface area contributed by atoms with E-state index in [0.29, 0.717) is 13.2 Å². The molecule has 1 aromatic carbocycles. The zero-order chi connectivity index (χ0) is 12.9. The van der Waals surface area contributed by atoms with E-state index in [2.05, 4.69) is 90.5 Å². The molecule has 1 atom stereocenters. The normalized spacial score (nSPS) is 14.0. The molecule has 1 radical (unpaired) electrons. The monoisotopic (exact) mass is 569 g/mol. The topological polar surface area (TPSA) is 9.23 Å². The van der Waals surface area contributed by atoms with Gasteiger partial charge in [-0.25, -0.2) is 0 Å². The predicted molar refractivity (Wildman–Crippen MR) is 93.0 cm³/mol. The van der Waals surface area contributed by atoms with Gasteiger partial charge in [0.2, 0.25) is 6.04 Å².